The molecule has 4 rings (SSSR count). The van der Waals surface area contributed by atoms with Crippen LogP contribution in [0, 0.1) is 6.92 Å². The Balaban J connectivity index is 1.40. The second-order valence-corrected chi connectivity index (χ2v) is 7.43. The van der Waals surface area contributed by atoms with Crippen molar-refractivity contribution in [2.45, 2.75) is 39.6 Å². The van der Waals surface area contributed by atoms with Crippen molar-refractivity contribution in [3.63, 3.8) is 0 Å². The van der Waals surface area contributed by atoms with Gasteiger partial charge < -0.3 is 18.8 Å². The highest BCUT2D eigenvalue weighted by Gasteiger charge is 2.26. The minimum absolute atomic E-state index is 0.0318. The molecule has 1 aliphatic rings. The molecule has 2 aromatic heterocycles. The van der Waals surface area contributed by atoms with Crippen LogP contribution < -0.4 is 4.74 Å². The molecule has 0 N–H and O–H groups in total. The van der Waals surface area contributed by atoms with Crippen molar-refractivity contribution in [1.82, 2.24) is 14.3 Å². The number of carbonyl (C=O) groups excluding carboxylic acids is 1. The lowest BCUT2D eigenvalue weighted by molar-refractivity contribution is -0.0586. The van der Waals surface area contributed by atoms with E-state index >= 15 is 0 Å². The van der Waals surface area contributed by atoms with Crippen LogP contribution in [0.1, 0.15) is 35.5 Å². The normalized spacial score (nSPS) is 19.8. The van der Waals surface area contributed by atoms with Gasteiger partial charge in [0.15, 0.2) is 0 Å². The molecule has 6 nitrogen and oxygen atoms in total. The fourth-order valence-electron chi connectivity index (χ4n) is 3.65. The van der Waals surface area contributed by atoms with E-state index in [0.29, 0.717) is 31.0 Å². The van der Waals surface area contributed by atoms with Crippen molar-refractivity contribution in [1.29, 1.82) is 0 Å². The summed E-state index contributed by atoms with van der Waals surface area (Å²) in [6, 6.07) is 11.3. The second-order valence-electron chi connectivity index (χ2n) is 7.43. The Morgan fingerprint density at radius 3 is 2.57 bits per heavy atom. The lowest BCUT2D eigenvalue weighted by Crippen LogP contribution is -2.48. The molecule has 6 heteroatoms. The van der Waals surface area contributed by atoms with Crippen LogP contribution in [0.25, 0.3) is 5.65 Å². The Morgan fingerprint density at radius 2 is 1.89 bits per heavy atom. The number of imidazole rings is 1. The van der Waals surface area contributed by atoms with Crippen LogP contribution in [-0.4, -0.2) is 45.5 Å². The summed E-state index contributed by atoms with van der Waals surface area (Å²) in [6.07, 6.45) is 4.07. The van der Waals surface area contributed by atoms with E-state index in [1.807, 2.05) is 78.9 Å². The number of aryl methyl sites for hydroxylation is 1. The molecular weight excluding hydrogens is 354 g/mol. The first-order valence-corrected chi connectivity index (χ1v) is 9.60. The van der Waals surface area contributed by atoms with E-state index in [0.717, 1.165) is 16.9 Å². The van der Waals surface area contributed by atoms with Crippen molar-refractivity contribution in [3.8, 4) is 5.75 Å². The number of ether oxygens (including phenoxy) is 2. The SMILES string of the molecule is Cc1cccn2cc(COc3ccc(C(=O)N4CC(C)OC(C)C4)cc3)nc12. The summed E-state index contributed by atoms with van der Waals surface area (Å²) in [4.78, 5) is 19.2. The predicted octanol–water partition coefficient (Wildman–Crippen LogP) is 3.47. The summed E-state index contributed by atoms with van der Waals surface area (Å²) in [5.74, 6) is 0.749. The van der Waals surface area contributed by atoms with E-state index in [4.69, 9.17) is 9.47 Å². The quantitative estimate of drug-likeness (QED) is 0.697. The zero-order valence-corrected chi connectivity index (χ0v) is 16.5. The molecule has 1 aliphatic heterocycles. The van der Waals surface area contributed by atoms with Gasteiger partial charge in [-0.2, -0.15) is 0 Å². The zero-order chi connectivity index (χ0) is 19.7. The van der Waals surface area contributed by atoms with Gasteiger partial charge in [-0.05, 0) is 56.7 Å². The van der Waals surface area contributed by atoms with Crippen molar-refractivity contribution < 1.29 is 14.3 Å². The molecule has 0 saturated carbocycles. The number of hydrogen-bond acceptors (Lipinski definition) is 4. The van der Waals surface area contributed by atoms with Gasteiger partial charge in [0.05, 0.1) is 17.9 Å². The number of nitrogens with zero attached hydrogens (tertiary/aromatic N) is 3. The monoisotopic (exact) mass is 379 g/mol. The smallest absolute Gasteiger partial charge is 0.254 e. The number of rotatable bonds is 4. The molecule has 0 spiro atoms. The summed E-state index contributed by atoms with van der Waals surface area (Å²) in [5.41, 5.74) is 3.60. The third-order valence-electron chi connectivity index (χ3n) is 4.92. The van der Waals surface area contributed by atoms with Crippen LogP contribution in [0.2, 0.25) is 0 Å². The second kappa shape index (κ2) is 7.64. The summed E-state index contributed by atoms with van der Waals surface area (Å²) >= 11 is 0. The molecule has 3 heterocycles. The highest BCUT2D eigenvalue weighted by Crippen LogP contribution is 2.18. The first-order chi connectivity index (χ1) is 13.5. The molecule has 1 aromatic carbocycles. The van der Waals surface area contributed by atoms with Gasteiger partial charge in [0.2, 0.25) is 0 Å². The first kappa shape index (κ1) is 18.5. The molecule has 0 radical (unpaired) electrons. The summed E-state index contributed by atoms with van der Waals surface area (Å²) < 4.78 is 13.6. The van der Waals surface area contributed by atoms with Crippen LogP contribution in [-0.2, 0) is 11.3 Å². The average Bonchev–Trinajstić information content (AvgIpc) is 3.10. The fraction of sp³-hybridized carbons (Fsp3) is 0.364. The molecule has 1 amide bonds. The molecule has 146 valence electrons. The molecule has 2 unspecified atom stereocenters. The number of amides is 1. The number of aromatic nitrogens is 2. The Hall–Kier alpha value is -2.86. The van der Waals surface area contributed by atoms with Gasteiger partial charge in [-0.1, -0.05) is 6.07 Å². The maximum absolute atomic E-state index is 12.7. The van der Waals surface area contributed by atoms with Crippen LogP contribution in [0.4, 0.5) is 0 Å². The van der Waals surface area contributed by atoms with Gasteiger partial charge in [-0.25, -0.2) is 4.98 Å². The molecule has 2 atom stereocenters. The van der Waals surface area contributed by atoms with E-state index in [2.05, 4.69) is 4.98 Å². The van der Waals surface area contributed by atoms with Gasteiger partial charge >= 0.3 is 0 Å². The molecule has 1 fully saturated rings. The third kappa shape index (κ3) is 3.87. The lowest BCUT2D eigenvalue weighted by Gasteiger charge is -2.35. The van der Waals surface area contributed by atoms with Gasteiger partial charge in [0, 0.05) is 31.0 Å². The Labute approximate surface area is 164 Å². The Bertz CT molecular complexity index is 970. The Morgan fingerprint density at radius 1 is 1.18 bits per heavy atom. The van der Waals surface area contributed by atoms with Crippen LogP contribution in [0.5, 0.6) is 5.75 Å². The fourth-order valence-corrected chi connectivity index (χ4v) is 3.65. The lowest BCUT2D eigenvalue weighted by atomic mass is 10.1. The average molecular weight is 379 g/mol. The van der Waals surface area contributed by atoms with Crippen molar-refractivity contribution in [3.05, 3.63) is 65.6 Å². The van der Waals surface area contributed by atoms with Crippen molar-refractivity contribution in [2.24, 2.45) is 0 Å². The minimum Gasteiger partial charge on any atom is -0.487 e. The maximum atomic E-state index is 12.7. The molecule has 28 heavy (non-hydrogen) atoms. The van der Waals surface area contributed by atoms with Crippen LogP contribution in [0.15, 0.2) is 48.8 Å². The van der Waals surface area contributed by atoms with Crippen LogP contribution in [0.3, 0.4) is 0 Å². The summed E-state index contributed by atoms with van der Waals surface area (Å²) in [6.45, 7) is 7.65. The number of carbonyl (C=O) groups is 1. The molecule has 0 bridgehead atoms. The van der Waals surface area contributed by atoms with Crippen LogP contribution >= 0.6 is 0 Å². The van der Waals surface area contributed by atoms with E-state index in [1.54, 1.807) is 0 Å². The summed E-state index contributed by atoms with van der Waals surface area (Å²) in [5, 5.41) is 0. The van der Waals surface area contributed by atoms with Gasteiger partial charge in [0.25, 0.3) is 5.91 Å². The topological polar surface area (TPSA) is 56.1 Å². The van der Waals surface area contributed by atoms with E-state index in [9.17, 15) is 4.79 Å². The predicted molar refractivity (Wildman–Crippen MR) is 107 cm³/mol. The maximum Gasteiger partial charge on any atom is 0.254 e. The third-order valence-corrected chi connectivity index (χ3v) is 4.92. The summed E-state index contributed by atoms with van der Waals surface area (Å²) in [7, 11) is 0. The minimum atomic E-state index is 0.0318. The molecule has 0 aliphatic carbocycles. The number of hydrogen-bond donors (Lipinski definition) is 0. The van der Waals surface area contributed by atoms with E-state index in [-0.39, 0.29) is 18.1 Å². The molecular formula is C22H25N3O3. The molecule has 1 saturated heterocycles. The van der Waals surface area contributed by atoms with Crippen molar-refractivity contribution in [2.75, 3.05) is 13.1 Å². The Kier molecular flexibility index (Phi) is 5.05. The number of benzene rings is 1. The number of pyridine rings is 1. The largest absolute Gasteiger partial charge is 0.487 e. The van der Waals surface area contributed by atoms with Gasteiger partial charge in [-0.15, -0.1) is 0 Å². The van der Waals surface area contributed by atoms with E-state index < -0.39 is 0 Å². The van der Waals surface area contributed by atoms with E-state index in [1.165, 1.54) is 0 Å². The molecule has 3 aromatic rings. The zero-order valence-electron chi connectivity index (χ0n) is 16.5. The number of morpholine rings is 1. The standard InChI is InChI=1S/C22H25N3O3/c1-15-5-4-10-24-13-19(23-21(15)24)14-27-20-8-6-18(7-9-20)22(26)25-11-16(2)28-17(3)12-25/h4-10,13,16-17H,11-12,14H2,1-3H3. The van der Waals surface area contributed by atoms with Gasteiger partial charge in [0.1, 0.15) is 18.0 Å². The van der Waals surface area contributed by atoms with Gasteiger partial charge in [-0.3, -0.25) is 4.79 Å². The highest BCUT2D eigenvalue weighted by molar-refractivity contribution is 5.94. The number of fused-ring (bicyclic) bond motifs is 1. The highest BCUT2D eigenvalue weighted by atomic mass is 16.5. The first-order valence-electron chi connectivity index (χ1n) is 9.60. The van der Waals surface area contributed by atoms with Crippen molar-refractivity contribution >= 4 is 11.6 Å².